The van der Waals surface area contributed by atoms with Crippen molar-refractivity contribution in [3.05, 3.63) is 35.9 Å². The van der Waals surface area contributed by atoms with E-state index in [1.807, 2.05) is 7.05 Å². The van der Waals surface area contributed by atoms with Crippen LogP contribution in [0.1, 0.15) is 37.7 Å². The molecule has 1 unspecified atom stereocenters. The number of hydrogen-bond donors (Lipinski definition) is 2. The maximum absolute atomic E-state index is 6.13. The first kappa shape index (κ1) is 23.0. The van der Waals surface area contributed by atoms with Gasteiger partial charge in [0.05, 0.1) is 6.10 Å². The van der Waals surface area contributed by atoms with E-state index < -0.39 is 0 Å². The first-order valence-corrected chi connectivity index (χ1v) is 11.7. The lowest BCUT2D eigenvalue weighted by molar-refractivity contribution is 0.00534. The van der Waals surface area contributed by atoms with Crippen molar-refractivity contribution in [3.63, 3.8) is 0 Å². The van der Waals surface area contributed by atoms with E-state index >= 15 is 0 Å². The summed E-state index contributed by atoms with van der Waals surface area (Å²) in [7, 11) is 4.06. The standard InChI is InChI=1S/C24H41N5O/c1-25-24(27-18-22-10-6-14-28(2)19-22)26-13-7-17-30-23-11-15-29(16-12-23)20-21-8-4-3-5-9-21/h3-5,8-9,22-23H,6-7,10-20H2,1-2H3,(H2,25,26,27). The Morgan fingerprint density at radius 1 is 1.10 bits per heavy atom. The number of benzene rings is 1. The Balaban J connectivity index is 1.21. The molecule has 0 bridgehead atoms. The Bertz CT molecular complexity index is 615. The minimum atomic E-state index is 0.415. The zero-order valence-electron chi connectivity index (χ0n) is 19.0. The Kier molecular flexibility index (Phi) is 9.93. The van der Waals surface area contributed by atoms with Gasteiger partial charge in [0.25, 0.3) is 0 Å². The van der Waals surface area contributed by atoms with Gasteiger partial charge in [-0.05, 0) is 57.2 Å². The monoisotopic (exact) mass is 415 g/mol. The van der Waals surface area contributed by atoms with Crippen LogP contribution in [-0.2, 0) is 11.3 Å². The molecule has 2 aliphatic heterocycles. The van der Waals surface area contributed by atoms with Crippen molar-refractivity contribution in [2.45, 2.75) is 44.8 Å². The van der Waals surface area contributed by atoms with Gasteiger partial charge in [0, 0.05) is 52.9 Å². The van der Waals surface area contributed by atoms with Crippen molar-refractivity contribution < 1.29 is 4.74 Å². The average molecular weight is 416 g/mol. The predicted octanol–water partition coefficient (Wildman–Crippen LogP) is 2.56. The minimum Gasteiger partial charge on any atom is -0.378 e. The van der Waals surface area contributed by atoms with E-state index in [9.17, 15) is 0 Å². The van der Waals surface area contributed by atoms with Gasteiger partial charge in [0.2, 0.25) is 0 Å². The van der Waals surface area contributed by atoms with Gasteiger partial charge in [-0.3, -0.25) is 9.89 Å². The van der Waals surface area contributed by atoms with Gasteiger partial charge in [-0.1, -0.05) is 30.3 Å². The molecule has 3 rings (SSSR count). The second-order valence-corrected chi connectivity index (χ2v) is 8.84. The smallest absolute Gasteiger partial charge is 0.190 e. The summed E-state index contributed by atoms with van der Waals surface area (Å²) in [6, 6.07) is 10.8. The Hall–Kier alpha value is -1.63. The maximum atomic E-state index is 6.13. The molecule has 1 atom stereocenters. The molecule has 1 aromatic rings. The summed E-state index contributed by atoms with van der Waals surface area (Å²) in [5.74, 6) is 1.64. The van der Waals surface area contributed by atoms with Gasteiger partial charge in [-0.2, -0.15) is 0 Å². The van der Waals surface area contributed by atoms with Crippen molar-refractivity contribution in [3.8, 4) is 0 Å². The fourth-order valence-corrected chi connectivity index (χ4v) is 4.51. The third kappa shape index (κ3) is 8.25. The second-order valence-electron chi connectivity index (χ2n) is 8.84. The van der Waals surface area contributed by atoms with Crippen LogP contribution < -0.4 is 10.6 Å². The predicted molar refractivity (Wildman–Crippen MR) is 125 cm³/mol. The largest absolute Gasteiger partial charge is 0.378 e. The number of hydrogen-bond acceptors (Lipinski definition) is 4. The topological polar surface area (TPSA) is 52.1 Å². The van der Waals surface area contributed by atoms with Crippen LogP contribution in [0.25, 0.3) is 0 Å². The van der Waals surface area contributed by atoms with Crippen LogP contribution in [0.5, 0.6) is 0 Å². The summed E-state index contributed by atoms with van der Waals surface area (Å²) in [5.41, 5.74) is 1.40. The van der Waals surface area contributed by atoms with Crippen LogP contribution >= 0.6 is 0 Å². The molecule has 2 heterocycles. The molecule has 0 saturated carbocycles. The molecule has 0 spiro atoms. The average Bonchev–Trinajstić information content (AvgIpc) is 2.77. The van der Waals surface area contributed by atoms with Gasteiger partial charge in [0.15, 0.2) is 5.96 Å². The molecule has 6 nitrogen and oxygen atoms in total. The van der Waals surface area contributed by atoms with Crippen molar-refractivity contribution >= 4 is 5.96 Å². The molecular formula is C24H41N5O. The van der Waals surface area contributed by atoms with E-state index in [-0.39, 0.29) is 0 Å². The molecule has 1 aromatic carbocycles. The quantitative estimate of drug-likeness (QED) is 0.369. The van der Waals surface area contributed by atoms with Gasteiger partial charge in [-0.25, -0.2) is 0 Å². The van der Waals surface area contributed by atoms with Crippen molar-refractivity contribution in [2.24, 2.45) is 10.9 Å². The van der Waals surface area contributed by atoms with Gasteiger partial charge < -0.3 is 20.3 Å². The number of rotatable bonds is 9. The van der Waals surface area contributed by atoms with E-state index in [0.717, 1.165) is 70.5 Å². The first-order valence-electron chi connectivity index (χ1n) is 11.7. The molecule has 6 heteroatoms. The number of aliphatic imine (C=N–C) groups is 1. The van der Waals surface area contributed by atoms with Crippen LogP contribution in [-0.4, -0.2) is 81.8 Å². The highest BCUT2D eigenvalue weighted by Crippen LogP contribution is 2.16. The fourth-order valence-electron chi connectivity index (χ4n) is 4.51. The van der Waals surface area contributed by atoms with E-state index in [2.05, 4.69) is 62.8 Å². The Morgan fingerprint density at radius 3 is 2.63 bits per heavy atom. The lowest BCUT2D eigenvalue weighted by atomic mass is 9.99. The van der Waals surface area contributed by atoms with Crippen molar-refractivity contribution in [1.29, 1.82) is 0 Å². The summed E-state index contributed by atoms with van der Waals surface area (Å²) in [4.78, 5) is 9.32. The van der Waals surface area contributed by atoms with Crippen molar-refractivity contribution in [1.82, 2.24) is 20.4 Å². The number of nitrogens with zero attached hydrogens (tertiary/aromatic N) is 3. The molecule has 0 aromatic heterocycles. The Labute approximate surface area is 183 Å². The fraction of sp³-hybridized carbons (Fsp3) is 0.708. The lowest BCUT2D eigenvalue weighted by Gasteiger charge is -2.32. The number of guanidine groups is 1. The van der Waals surface area contributed by atoms with Crippen LogP contribution in [0.4, 0.5) is 0 Å². The number of piperidine rings is 2. The SMILES string of the molecule is CN=C(NCCCOC1CCN(Cc2ccccc2)CC1)NCC1CCCN(C)C1. The summed E-state index contributed by atoms with van der Waals surface area (Å²) in [5, 5.41) is 6.92. The molecule has 30 heavy (non-hydrogen) atoms. The van der Waals surface area contributed by atoms with E-state index in [0.29, 0.717) is 6.10 Å². The van der Waals surface area contributed by atoms with E-state index in [4.69, 9.17) is 4.74 Å². The number of likely N-dealkylation sites (tertiary alicyclic amines) is 2. The van der Waals surface area contributed by atoms with Crippen LogP contribution in [0.2, 0.25) is 0 Å². The molecule has 2 fully saturated rings. The molecule has 0 aliphatic carbocycles. The first-order chi connectivity index (χ1) is 14.7. The highest BCUT2D eigenvalue weighted by Gasteiger charge is 2.20. The van der Waals surface area contributed by atoms with Crippen LogP contribution in [0, 0.1) is 5.92 Å². The number of nitrogens with one attached hydrogen (secondary N) is 2. The van der Waals surface area contributed by atoms with E-state index in [1.54, 1.807) is 0 Å². The molecule has 2 N–H and O–H groups in total. The van der Waals surface area contributed by atoms with Gasteiger partial charge in [0.1, 0.15) is 0 Å². The maximum Gasteiger partial charge on any atom is 0.190 e. The number of ether oxygens (including phenoxy) is 1. The highest BCUT2D eigenvalue weighted by molar-refractivity contribution is 5.79. The summed E-state index contributed by atoms with van der Waals surface area (Å²) >= 11 is 0. The third-order valence-electron chi connectivity index (χ3n) is 6.25. The Morgan fingerprint density at radius 2 is 1.90 bits per heavy atom. The molecule has 0 amide bonds. The normalized spacial score (nSPS) is 22.2. The van der Waals surface area contributed by atoms with Gasteiger partial charge in [-0.15, -0.1) is 0 Å². The molecule has 0 radical (unpaired) electrons. The summed E-state index contributed by atoms with van der Waals surface area (Å²) in [6.07, 6.45) is 6.32. The summed E-state index contributed by atoms with van der Waals surface area (Å²) in [6.45, 7) is 8.45. The molecule has 2 aliphatic rings. The highest BCUT2D eigenvalue weighted by atomic mass is 16.5. The third-order valence-corrected chi connectivity index (χ3v) is 6.25. The lowest BCUT2D eigenvalue weighted by Crippen LogP contribution is -2.44. The van der Waals surface area contributed by atoms with Crippen LogP contribution in [0.3, 0.4) is 0 Å². The molecule has 2 saturated heterocycles. The molecule has 168 valence electrons. The van der Waals surface area contributed by atoms with E-state index in [1.165, 1.54) is 31.5 Å². The van der Waals surface area contributed by atoms with Crippen LogP contribution in [0.15, 0.2) is 35.3 Å². The summed E-state index contributed by atoms with van der Waals surface area (Å²) < 4.78 is 6.13. The molecular weight excluding hydrogens is 374 g/mol. The second kappa shape index (κ2) is 12.9. The van der Waals surface area contributed by atoms with Crippen molar-refractivity contribution in [2.75, 3.05) is 60.0 Å². The zero-order valence-corrected chi connectivity index (χ0v) is 19.0. The van der Waals surface area contributed by atoms with Gasteiger partial charge >= 0.3 is 0 Å². The zero-order chi connectivity index (χ0) is 21.0. The minimum absolute atomic E-state index is 0.415.